The van der Waals surface area contributed by atoms with Gasteiger partial charge in [-0.1, -0.05) is 48.5 Å². The van der Waals surface area contributed by atoms with Crippen LogP contribution in [0, 0.1) is 0 Å². The van der Waals surface area contributed by atoms with Crippen molar-refractivity contribution in [2.24, 2.45) is 0 Å². The largest absolute Gasteiger partial charge is 0.480 e. The van der Waals surface area contributed by atoms with Crippen LogP contribution in [0.4, 0.5) is 0 Å². The molecule has 0 bridgehead atoms. The number of carboxylic acids is 1. The first-order chi connectivity index (χ1) is 14.9. The lowest BCUT2D eigenvalue weighted by Crippen LogP contribution is -2.11. The molecule has 4 aromatic rings. The van der Waals surface area contributed by atoms with E-state index in [2.05, 4.69) is 31.9 Å². The Labute approximate surface area is 194 Å². The van der Waals surface area contributed by atoms with Gasteiger partial charge in [0.1, 0.15) is 17.1 Å². The van der Waals surface area contributed by atoms with Crippen LogP contribution < -0.4 is 4.74 Å². The molecule has 1 aromatic heterocycles. The van der Waals surface area contributed by atoms with Crippen molar-refractivity contribution in [3.8, 4) is 5.75 Å². The zero-order valence-electron chi connectivity index (χ0n) is 16.1. The Morgan fingerprint density at radius 3 is 2.26 bits per heavy atom. The second-order valence-electron chi connectivity index (χ2n) is 6.84. The predicted octanol–water partition coefficient (Wildman–Crippen LogP) is 6.24. The second-order valence-corrected chi connectivity index (χ2v) is 8.55. The van der Waals surface area contributed by atoms with E-state index in [4.69, 9.17) is 14.3 Å². The molecule has 0 atom stereocenters. The molecule has 1 heterocycles. The SMILES string of the molecule is O=C(O)COc1c(Br)cc(C(=O)c2c(Cc3ccccc3)oc3ccccc23)cc1Br. The summed E-state index contributed by atoms with van der Waals surface area (Å²) in [5.74, 6) is -0.368. The van der Waals surface area contributed by atoms with Crippen molar-refractivity contribution in [2.45, 2.75) is 6.42 Å². The molecule has 0 aliphatic heterocycles. The summed E-state index contributed by atoms with van der Waals surface area (Å²) in [6.07, 6.45) is 0.485. The number of hydrogen-bond donors (Lipinski definition) is 1. The molecule has 5 nitrogen and oxygen atoms in total. The Hall–Kier alpha value is -2.90. The maximum atomic E-state index is 13.6. The number of ether oxygens (including phenoxy) is 1. The molecule has 31 heavy (non-hydrogen) atoms. The number of carbonyl (C=O) groups is 2. The minimum atomic E-state index is -1.09. The zero-order chi connectivity index (χ0) is 22.0. The highest BCUT2D eigenvalue weighted by molar-refractivity contribution is 9.11. The first kappa shape index (κ1) is 21.3. The van der Waals surface area contributed by atoms with E-state index in [1.165, 1.54) is 0 Å². The van der Waals surface area contributed by atoms with E-state index in [-0.39, 0.29) is 5.78 Å². The number of carbonyl (C=O) groups excluding carboxylic acids is 1. The number of rotatable bonds is 7. The Morgan fingerprint density at radius 1 is 0.935 bits per heavy atom. The fourth-order valence-electron chi connectivity index (χ4n) is 3.36. The topological polar surface area (TPSA) is 76.7 Å². The van der Waals surface area contributed by atoms with E-state index >= 15 is 0 Å². The maximum absolute atomic E-state index is 13.6. The minimum absolute atomic E-state index is 0.193. The normalized spacial score (nSPS) is 10.9. The molecule has 0 saturated heterocycles. The molecule has 7 heteroatoms. The van der Waals surface area contributed by atoms with Gasteiger partial charge in [0.15, 0.2) is 12.4 Å². The average molecular weight is 544 g/mol. The molecule has 4 rings (SSSR count). The fraction of sp³-hybridized carbons (Fsp3) is 0.0833. The van der Waals surface area contributed by atoms with Crippen molar-refractivity contribution in [2.75, 3.05) is 6.61 Å². The van der Waals surface area contributed by atoms with Gasteiger partial charge in [-0.2, -0.15) is 0 Å². The lowest BCUT2D eigenvalue weighted by atomic mass is 9.97. The summed E-state index contributed by atoms with van der Waals surface area (Å²) < 4.78 is 12.3. The number of para-hydroxylation sites is 1. The van der Waals surface area contributed by atoms with Gasteiger partial charge >= 0.3 is 5.97 Å². The van der Waals surface area contributed by atoms with Crippen LogP contribution in [0.25, 0.3) is 11.0 Å². The Kier molecular flexibility index (Phi) is 6.25. The third-order valence-corrected chi connectivity index (χ3v) is 5.88. The number of carboxylic acid groups (broad SMARTS) is 1. The van der Waals surface area contributed by atoms with E-state index in [0.29, 0.717) is 43.6 Å². The molecule has 0 spiro atoms. The molecule has 156 valence electrons. The summed E-state index contributed by atoms with van der Waals surface area (Å²) in [5, 5.41) is 9.60. The summed E-state index contributed by atoms with van der Waals surface area (Å²) in [7, 11) is 0. The molecule has 1 N–H and O–H groups in total. The van der Waals surface area contributed by atoms with Crippen molar-refractivity contribution in [3.63, 3.8) is 0 Å². The molecule has 0 amide bonds. The van der Waals surface area contributed by atoms with Gasteiger partial charge in [-0.15, -0.1) is 0 Å². The number of fused-ring (bicyclic) bond motifs is 1. The number of hydrogen-bond acceptors (Lipinski definition) is 4. The summed E-state index contributed by atoms with van der Waals surface area (Å²) in [5.41, 5.74) is 2.62. The van der Waals surface area contributed by atoms with E-state index in [0.717, 1.165) is 10.9 Å². The van der Waals surface area contributed by atoms with Crippen molar-refractivity contribution in [3.05, 3.63) is 98.1 Å². The molecule has 0 aliphatic rings. The van der Waals surface area contributed by atoms with Crippen molar-refractivity contribution < 1.29 is 23.8 Å². The highest BCUT2D eigenvalue weighted by Crippen LogP contribution is 2.37. The molecular formula is C24H16Br2O5. The van der Waals surface area contributed by atoms with Gasteiger partial charge in [0, 0.05) is 17.4 Å². The lowest BCUT2D eigenvalue weighted by Gasteiger charge is -2.11. The lowest BCUT2D eigenvalue weighted by molar-refractivity contribution is -0.139. The third kappa shape index (κ3) is 4.57. The van der Waals surface area contributed by atoms with Gasteiger partial charge in [0.05, 0.1) is 14.5 Å². The molecule has 0 fully saturated rings. The van der Waals surface area contributed by atoms with E-state index in [1.807, 2.05) is 54.6 Å². The Bertz CT molecular complexity index is 1250. The van der Waals surface area contributed by atoms with Gasteiger partial charge < -0.3 is 14.3 Å². The van der Waals surface area contributed by atoms with Crippen molar-refractivity contribution in [1.29, 1.82) is 0 Å². The van der Waals surface area contributed by atoms with E-state index in [1.54, 1.807) is 12.1 Å². The Morgan fingerprint density at radius 2 is 1.58 bits per heavy atom. The van der Waals surface area contributed by atoms with Crippen LogP contribution in [0.1, 0.15) is 27.2 Å². The van der Waals surface area contributed by atoms with E-state index < -0.39 is 12.6 Å². The standard InChI is InChI=1S/C24H16Br2O5/c25-17-11-15(12-18(26)24(17)30-13-21(27)28)23(29)22-16-8-4-5-9-19(16)31-20(22)10-14-6-2-1-3-7-14/h1-9,11-12H,10,13H2,(H,27,28). The van der Waals surface area contributed by atoms with Crippen LogP contribution >= 0.6 is 31.9 Å². The maximum Gasteiger partial charge on any atom is 0.341 e. The quantitative estimate of drug-likeness (QED) is 0.279. The van der Waals surface area contributed by atoms with Gasteiger partial charge in [0.2, 0.25) is 0 Å². The van der Waals surface area contributed by atoms with Crippen LogP contribution in [0.15, 0.2) is 80.1 Å². The molecule has 0 aliphatic carbocycles. The van der Waals surface area contributed by atoms with Gasteiger partial charge in [-0.05, 0) is 55.6 Å². The monoisotopic (exact) mass is 542 g/mol. The predicted molar refractivity (Wildman–Crippen MR) is 124 cm³/mol. The van der Waals surface area contributed by atoms with Crippen LogP contribution in [-0.2, 0) is 11.2 Å². The second kappa shape index (κ2) is 9.08. The van der Waals surface area contributed by atoms with Crippen LogP contribution in [0.2, 0.25) is 0 Å². The first-order valence-electron chi connectivity index (χ1n) is 9.36. The summed E-state index contributed by atoms with van der Waals surface area (Å²) in [6, 6.07) is 20.5. The van der Waals surface area contributed by atoms with E-state index in [9.17, 15) is 9.59 Å². The number of furan rings is 1. The van der Waals surface area contributed by atoms with Gasteiger partial charge in [0.25, 0.3) is 0 Å². The minimum Gasteiger partial charge on any atom is -0.480 e. The van der Waals surface area contributed by atoms with Crippen molar-refractivity contribution in [1.82, 2.24) is 0 Å². The van der Waals surface area contributed by atoms with Gasteiger partial charge in [-0.25, -0.2) is 4.79 Å². The van der Waals surface area contributed by atoms with Crippen LogP contribution in [-0.4, -0.2) is 23.5 Å². The average Bonchev–Trinajstić information content (AvgIpc) is 3.10. The molecule has 0 unspecified atom stereocenters. The number of halogens is 2. The summed E-state index contributed by atoms with van der Waals surface area (Å²) >= 11 is 6.76. The number of aliphatic carboxylic acids is 1. The molecule has 0 saturated carbocycles. The Balaban J connectivity index is 1.77. The van der Waals surface area contributed by atoms with Crippen LogP contribution in [0.5, 0.6) is 5.75 Å². The number of ketones is 1. The highest BCUT2D eigenvalue weighted by Gasteiger charge is 2.24. The zero-order valence-corrected chi connectivity index (χ0v) is 19.3. The van der Waals surface area contributed by atoms with Crippen LogP contribution in [0.3, 0.4) is 0 Å². The fourth-order valence-corrected chi connectivity index (χ4v) is 4.77. The van der Waals surface area contributed by atoms with Crippen molar-refractivity contribution >= 4 is 54.6 Å². The third-order valence-electron chi connectivity index (χ3n) is 4.70. The number of benzene rings is 3. The summed E-state index contributed by atoms with van der Waals surface area (Å²) in [6.45, 7) is -0.488. The molecule has 0 radical (unpaired) electrons. The summed E-state index contributed by atoms with van der Waals surface area (Å²) in [4.78, 5) is 24.4. The molecule has 3 aromatic carbocycles. The highest BCUT2D eigenvalue weighted by atomic mass is 79.9. The van der Waals surface area contributed by atoms with Gasteiger partial charge in [-0.3, -0.25) is 4.79 Å². The smallest absolute Gasteiger partial charge is 0.341 e. The molecular weight excluding hydrogens is 528 g/mol. The first-order valence-corrected chi connectivity index (χ1v) is 11.0.